The van der Waals surface area contributed by atoms with Gasteiger partial charge in [-0.05, 0) is 18.2 Å². The van der Waals surface area contributed by atoms with Crippen LogP contribution >= 0.6 is 23.1 Å². The third-order valence-electron chi connectivity index (χ3n) is 2.00. The number of benzene rings is 1. The minimum atomic E-state index is -0.537. The fourth-order valence-electron chi connectivity index (χ4n) is 1.22. The SMILES string of the molecule is O=C(CSc1nccs1)c1cc(F)ccc1O. The quantitative estimate of drug-likeness (QED) is 0.685. The van der Waals surface area contributed by atoms with Crippen LogP contribution in [0.4, 0.5) is 4.39 Å². The van der Waals surface area contributed by atoms with Crippen molar-refractivity contribution in [2.45, 2.75) is 4.34 Å². The molecule has 1 heterocycles. The van der Waals surface area contributed by atoms with E-state index in [1.807, 2.05) is 5.38 Å². The molecule has 0 radical (unpaired) electrons. The van der Waals surface area contributed by atoms with E-state index in [1.165, 1.54) is 29.2 Å². The molecular formula is C11H8FNO2S2. The fraction of sp³-hybridized carbons (Fsp3) is 0.0909. The molecule has 1 N–H and O–H groups in total. The Balaban J connectivity index is 2.07. The summed E-state index contributed by atoms with van der Waals surface area (Å²) in [5, 5.41) is 11.3. The number of ketones is 1. The number of thiazole rings is 1. The molecule has 0 atom stereocenters. The van der Waals surface area contributed by atoms with E-state index < -0.39 is 5.82 Å². The zero-order valence-corrected chi connectivity index (χ0v) is 10.2. The third kappa shape index (κ3) is 3.04. The van der Waals surface area contributed by atoms with Crippen LogP contribution in [-0.4, -0.2) is 21.6 Å². The van der Waals surface area contributed by atoms with Crippen molar-refractivity contribution in [3.8, 4) is 5.75 Å². The molecule has 0 aliphatic carbocycles. The Bertz CT molecular complexity index is 528. The van der Waals surface area contributed by atoms with E-state index in [0.29, 0.717) is 0 Å². The predicted molar refractivity (Wildman–Crippen MR) is 65.2 cm³/mol. The highest BCUT2D eigenvalue weighted by atomic mass is 32.2. The van der Waals surface area contributed by atoms with Crippen molar-refractivity contribution in [3.63, 3.8) is 0 Å². The number of nitrogens with zero attached hydrogens (tertiary/aromatic N) is 1. The van der Waals surface area contributed by atoms with E-state index in [4.69, 9.17) is 0 Å². The Morgan fingerprint density at radius 2 is 2.35 bits per heavy atom. The highest BCUT2D eigenvalue weighted by Crippen LogP contribution is 2.24. The first-order valence-electron chi connectivity index (χ1n) is 4.71. The number of carbonyl (C=O) groups excluding carboxylic acids is 1. The topological polar surface area (TPSA) is 50.2 Å². The molecule has 0 bridgehead atoms. The molecule has 6 heteroatoms. The summed E-state index contributed by atoms with van der Waals surface area (Å²) >= 11 is 2.70. The minimum Gasteiger partial charge on any atom is -0.507 e. The predicted octanol–water partition coefficient (Wildman–Crippen LogP) is 2.96. The van der Waals surface area contributed by atoms with Crippen LogP contribution in [0.5, 0.6) is 5.75 Å². The van der Waals surface area contributed by atoms with E-state index in [9.17, 15) is 14.3 Å². The molecule has 0 aliphatic heterocycles. The van der Waals surface area contributed by atoms with Gasteiger partial charge in [-0.15, -0.1) is 11.3 Å². The normalized spacial score (nSPS) is 10.4. The summed E-state index contributed by atoms with van der Waals surface area (Å²) in [7, 11) is 0. The molecule has 0 saturated carbocycles. The van der Waals surface area contributed by atoms with Gasteiger partial charge in [0.2, 0.25) is 0 Å². The molecule has 0 fully saturated rings. The molecule has 0 aliphatic rings. The smallest absolute Gasteiger partial charge is 0.176 e. The van der Waals surface area contributed by atoms with Gasteiger partial charge < -0.3 is 5.11 Å². The molecule has 2 rings (SSSR count). The summed E-state index contributed by atoms with van der Waals surface area (Å²) in [6, 6.07) is 3.33. The lowest BCUT2D eigenvalue weighted by molar-refractivity contribution is 0.101. The zero-order valence-electron chi connectivity index (χ0n) is 8.59. The van der Waals surface area contributed by atoms with Gasteiger partial charge in [0.25, 0.3) is 0 Å². The molecule has 2 aromatic rings. The van der Waals surface area contributed by atoms with E-state index in [1.54, 1.807) is 6.20 Å². The molecule has 0 unspecified atom stereocenters. The van der Waals surface area contributed by atoms with Crippen molar-refractivity contribution in [1.29, 1.82) is 0 Å². The number of hydrogen-bond acceptors (Lipinski definition) is 5. The molecule has 0 spiro atoms. The number of halogens is 1. The van der Waals surface area contributed by atoms with Crippen LogP contribution in [0.1, 0.15) is 10.4 Å². The standard InChI is InChI=1S/C11H8FNO2S2/c12-7-1-2-9(14)8(5-7)10(15)6-17-11-13-3-4-16-11/h1-5,14H,6H2. The number of phenols is 1. The molecular weight excluding hydrogens is 261 g/mol. The molecule has 0 amide bonds. The lowest BCUT2D eigenvalue weighted by Gasteiger charge is -2.02. The molecule has 88 valence electrons. The van der Waals surface area contributed by atoms with Crippen LogP contribution in [0.3, 0.4) is 0 Å². The number of hydrogen-bond donors (Lipinski definition) is 1. The van der Waals surface area contributed by atoms with Gasteiger partial charge in [-0.3, -0.25) is 4.79 Å². The van der Waals surface area contributed by atoms with E-state index in [0.717, 1.165) is 16.5 Å². The summed E-state index contributed by atoms with van der Waals surface area (Å²) < 4.78 is 13.7. The van der Waals surface area contributed by atoms with Crippen molar-refractivity contribution < 1.29 is 14.3 Å². The maximum atomic E-state index is 12.9. The number of carbonyl (C=O) groups is 1. The van der Waals surface area contributed by atoms with Crippen molar-refractivity contribution in [3.05, 3.63) is 41.2 Å². The van der Waals surface area contributed by atoms with Gasteiger partial charge in [0.1, 0.15) is 15.9 Å². The lowest BCUT2D eigenvalue weighted by Crippen LogP contribution is -2.03. The number of thioether (sulfide) groups is 1. The van der Waals surface area contributed by atoms with Gasteiger partial charge in [0, 0.05) is 11.6 Å². The first kappa shape index (κ1) is 12.1. The van der Waals surface area contributed by atoms with Crippen molar-refractivity contribution in [1.82, 2.24) is 4.98 Å². The molecule has 0 saturated heterocycles. The minimum absolute atomic E-state index is 0.00839. The Kier molecular flexibility index (Phi) is 3.75. The van der Waals surface area contributed by atoms with Crippen LogP contribution in [0.2, 0.25) is 0 Å². The maximum absolute atomic E-state index is 12.9. The van der Waals surface area contributed by atoms with Crippen LogP contribution in [0.25, 0.3) is 0 Å². The summed E-state index contributed by atoms with van der Waals surface area (Å²) in [6.07, 6.45) is 1.65. The Morgan fingerprint density at radius 3 is 3.06 bits per heavy atom. The summed E-state index contributed by atoms with van der Waals surface area (Å²) in [5.41, 5.74) is 0.00839. The summed E-state index contributed by atoms with van der Waals surface area (Å²) in [5.74, 6) is -0.923. The van der Waals surface area contributed by atoms with E-state index in [-0.39, 0.29) is 22.8 Å². The van der Waals surface area contributed by atoms with Crippen LogP contribution < -0.4 is 0 Å². The number of Topliss-reactive ketones (excluding diaryl/α,β-unsaturated/α-hetero) is 1. The largest absolute Gasteiger partial charge is 0.507 e. The number of phenolic OH excluding ortho intramolecular Hbond substituents is 1. The van der Waals surface area contributed by atoms with E-state index >= 15 is 0 Å². The second-order valence-electron chi connectivity index (χ2n) is 3.17. The highest BCUT2D eigenvalue weighted by Gasteiger charge is 2.13. The number of rotatable bonds is 4. The average molecular weight is 269 g/mol. The van der Waals surface area contributed by atoms with Gasteiger partial charge in [-0.25, -0.2) is 9.37 Å². The van der Waals surface area contributed by atoms with Gasteiger partial charge in [-0.2, -0.15) is 0 Å². The van der Waals surface area contributed by atoms with Crippen LogP contribution in [0.15, 0.2) is 34.1 Å². The maximum Gasteiger partial charge on any atom is 0.176 e. The van der Waals surface area contributed by atoms with Gasteiger partial charge in [0.05, 0.1) is 11.3 Å². The Labute approximate surface area is 105 Å². The van der Waals surface area contributed by atoms with Crippen molar-refractivity contribution >= 4 is 28.9 Å². The van der Waals surface area contributed by atoms with Crippen LogP contribution in [0, 0.1) is 5.82 Å². The van der Waals surface area contributed by atoms with Crippen molar-refractivity contribution in [2.24, 2.45) is 0 Å². The molecule has 17 heavy (non-hydrogen) atoms. The Hall–Kier alpha value is -1.40. The first-order chi connectivity index (χ1) is 8.16. The average Bonchev–Trinajstić information content (AvgIpc) is 2.82. The Morgan fingerprint density at radius 1 is 1.53 bits per heavy atom. The van der Waals surface area contributed by atoms with E-state index in [2.05, 4.69) is 4.98 Å². The summed E-state index contributed by atoms with van der Waals surface area (Å²) in [4.78, 5) is 15.8. The third-order valence-corrected chi connectivity index (χ3v) is 3.96. The van der Waals surface area contributed by atoms with Crippen LogP contribution in [-0.2, 0) is 0 Å². The molecule has 1 aromatic carbocycles. The number of aromatic hydroxyl groups is 1. The number of aromatic nitrogens is 1. The first-order valence-corrected chi connectivity index (χ1v) is 6.57. The van der Waals surface area contributed by atoms with Gasteiger partial charge in [0.15, 0.2) is 5.78 Å². The molecule has 1 aromatic heterocycles. The summed E-state index contributed by atoms with van der Waals surface area (Å²) in [6.45, 7) is 0. The van der Waals surface area contributed by atoms with Crippen molar-refractivity contribution in [2.75, 3.05) is 5.75 Å². The fourth-order valence-corrected chi connectivity index (χ4v) is 2.74. The van der Waals surface area contributed by atoms with Gasteiger partial charge >= 0.3 is 0 Å². The second kappa shape index (κ2) is 5.29. The van der Waals surface area contributed by atoms with Gasteiger partial charge in [-0.1, -0.05) is 11.8 Å². The zero-order chi connectivity index (χ0) is 12.3. The molecule has 3 nitrogen and oxygen atoms in total. The highest BCUT2D eigenvalue weighted by molar-refractivity contribution is 8.01. The lowest BCUT2D eigenvalue weighted by atomic mass is 10.1. The monoisotopic (exact) mass is 269 g/mol. The second-order valence-corrected chi connectivity index (χ2v) is 5.29.